The Labute approximate surface area is 118 Å². The van der Waals surface area contributed by atoms with E-state index in [2.05, 4.69) is 5.32 Å². The number of carbonyl (C=O) groups excluding carboxylic acids is 1. The first-order chi connectivity index (χ1) is 9.60. The summed E-state index contributed by atoms with van der Waals surface area (Å²) in [6, 6.07) is 12.4. The van der Waals surface area contributed by atoms with Crippen LogP contribution in [0.4, 0.5) is 5.69 Å². The third-order valence-electron chi connectivity index (χ3n) is 3.05. The molecule has 4 heteroatoms. The predicted molar refractivity (Wildman–Crippen MR) is 78.0 cm³/mol. The van der Waals surface area contributed by atoms with E-state index < -0.39 is 0 Å². The first kappa shape index (κ1) is 13.9. The van der Waals surface area contributed by atoms with Crippen LogP contribution in [-0.4, -0.2) is 18.2 Å². The van der Waals surface area contributed by atoms with Crippen molar-refractivity contribution in [1.29, 1.82) is 0 Å². The molecule has 0 bridgehead atoms. The highest BCUT2D eigenvalue weighted by molar-refractivity contribution is 5.90. The Kier molecular flexibility index (Phi) is 4.25. The molecule has 0 saturated heterocycles. The fraction of sp³-hybridized carbons (Fsp3) is 0.188. The first-order valence-electron chi connectivity index (χ1n) is 6.31. The number of ether oxygens (including phenoxy) is 1. The maximum atomic E-state index is 11.5. The molecular formula is C16H17NO3. The predicted octanol–water partition coefficient (Wildman–Crippen LogP) is 3.10. The summed E-state index contributed by atoms with van der Waals surface area (Å²) in [5, 5.41) is 12.7. The van der Waals surface area contributed by atoms with Gasteiger partial charge < -0.3 is 15.2 Å². The van der Waals surface area contributed by atoms with Crippen LogP contribution >= 0.6 is 0 Å². The number of phenolic OH excluding ortho intramolecular Hbond substituents is 1. The molecule has 0 saturated carbocycles. The smallest absolute Gasteiger partial charge is 0.337 e. The average molecular weight is 271 g/mol. The molecule has 0 amide bonds. The summed E-state index contributed by atoms with van der Waals surface area (Å²) in [4.78, 5) is 11.5. The summed E-state index contributed by atoms with van der Waals surface area (Å²) in [6.45, 7) is 2.53. The van der Waals surface area contributed by atoms with Gasteiger partial charge in [-0.05, 0) is 42.3 Å². The number of aryl methyl sites for hydroxylation is 1. The van der Waals surface area contributed by atoms with Crippen molar-refractivity contribution in [3.8, 4) is 5.75 Å². The van der Waals surface area contributed by atoms with Crippen molar-refractivity contribution in [3.63, 3.8) is 0 Å². The molecule has 2 rings (SSSR count). The maximum absolute atomic E-state index is 11.5. The average Bonchev–Trinajstić information content (AvgIpc) is 2.45. The van der Waals surface area contributed by atoms with E-state index >= 15 is 0 Å². The van der Waals surface area contributed by atoms with Gasteiger partial charge in [-0.1, -0.05) is 18.2 Å². The molecule has 0 fully saturated rings. The highest BCUT2D eigenvalue weighted by Gasteiger charge is 2.07. The van der Waals surface area contributed by atoms with Crippen LogP contribution in [0.2, 0.25) is 0 Å². The summed E-state index contributed by atoms with van der Waals surface area (Å²) in [5.41, 5.74) is 3.39. The lowest BCUT2D eigenvalue weighted by molar-refractivity contribution is 0.0601. The van der Waals surface area contributed by atoms with Gasteiger partial charge in [0.1, 0.15) is 5.75 Å². The number of anilines is 1. The van der Waals surface area contributed by atoms with Crippen molar-refractivity contribution in [3.05, 3.63) is 59.2 Å². The molecule has 2 N–H and O–H groups in total. The largest absolute Gasteiger partial charge is 0.508 e. The van der Waals surface area contributed by atoms with Gasteiger partial charge in [0, 0.05) is 12.2 Å². The van der Waals surface area contributed by atoms with Gasteiger partial charge in [0.2, 0.25) is 0 Å². The summed E-state index contributed by atoms with van der Waals surface area (Å²) in [7, 11) is 1.36. The van der Waals surface area contributed by atoms with Gasteiger partial charge in [0.05, 0.1) is 12.7 Å². The molecule has 0 spiro atoms. The van der Waals surface area contributed by atoms with Crippen LogP contribution in [0, 0.1) is 6.92 Å². The van der Waals surface area contributed by atoms with Crippen LogP contribution in [0.3, 0.4) is 0 Å². The van der Waals surface area contributed by atoms with Crippen molar-refractivity contribution in [1.82, 2.24) is 0 Å². The van der Waals surface area contributed by atoms with Crippen molar-refractivity contribution < 1.29 is 14.6 Å². The number of rotatable bonds is 4. The lowest BCUT2D eigenvalue weighted by Gasteiger charge is -2.11. The molecule has 104 valence electrons. The van der Waals surface area contributed by atoms with Gasteiger partial charge in [-0.3, -0.25) is 0 Å². The number of methoxy groups -OCH3 is 1. The highest BCUT2D eigenvalue weighted by Crippen LogP contribution is 2.19. The Balaban J connectivity index is 2.14. The van der Waals surface area contributed by atoms with Crippen LogP contribution in [0.25, 0.3) is 0 Å². The SMILES string of the molecule is COC(=O)c1ccc(C)c(NCc2cccc(O)c2)c1. The van der Waals surface area contributed by atoms with E-state index in [4.69, 9.17) is 4.74 Å². The first-order valence-corrected chi connectivity index (χ1v) is 6.31. The Morgan fingerprint density at radius 2 is 2.05 bits per heavy atom. The summed E-state index contributed by atoms with van der Waals surface area (Å²) in [6.07, 6.45) is 0. The third-order valence-corrected chi connectivity index (χ3v) is 3.05. The minimum atomic E-state index is -0.356. The number of esters is 1. The van der Waals surface area contributed by atoms with E-state index in [0.29, 0.717) is 12.1 Å². The molecule has 0 aliphatic heterocycles. The number of phenols is 1. The standard InChI is InChI=1S/C16H17NO3/c1-11-6-7-13(16(19)20-2)9-15(11)17-10-12-4-3-5-14(18)8-12/h3-9,17-18H,10H2,1-2H3. The number of hydrogen-bond acceptors (Lipinski definition) is 4. The number of nitrogens with one attached hydrogen (secondary N) is 1. The zero-order valence-corrected chi connectivity index (χ0v) is 11.5. The molecule has 2 aromatic rings. The normalized spacial score (nSPS) is 10.1. The summed E-state index contributed by atoms with van der Waals surface area (Å²) >= 11 is 0. The Morgan fingerprint density at radius 1 is 1.25 bits per heavy atom. The fourth-order valence-electron chi connectivity index (χ4n) is 1.92. The third kappa shape index (κ3) is 3.29. The summed E-state index contributed by atoms with van der Waals surface area (Å²) < 4.78 is 4.71. The van der Waals surface area contributed by atoms with Gasteiger partial charge in [0.25, 0.3) is 0 Å². The quantitative estimate of drug-likeness (QED) is 0.839. The van der Waals surface area contributed by atoms with Gasteiger partial charge in [-0.25, -0.2) is 4.79 Å². The lowest BCUT2D eigenvalue weighted by atomic mass is 10.1. The molecule has 4 nitrogen and oxygen atoms in total. The van der Waals surface area contributed by atoms with Crippen LogP contribution in [0.15, 0.2) is 42.5 Å². The minimum absolute atomic E-state index is 0.240. The molecule has 0 radical (unpaired) electrons. The monoisotopic (exact) mass is 271 g/mol. The number of hydrogen-bond donors (Lipinski definition) is 2. The molecule has 0 aliphatic carbocycles. The minimum Gasteiger partial charge on any atom is -0.508 e. The van der Waals surface area contributed by atoms with Gasteiger partial charge in [-0.15, -0.1) is 0 Å². The van der Waals surface area contributed by atoms with Crippen LogP contribution in [-0.2, 0) is 11.3 Å². The summed E-state index contributed by atoms with van der Waals surface area (Å²) in [5.74, 6) is -0.116. The van der Waals surface area contributed by atoms with Gasteiger partial charge in [0.15, 0.2) is 0 Å². The Bertz CT molecular complexity index is 623. The van der Waals surface area contributed by atoms with Crippen molar-refractivity contribution in [2.24, 2.45) is 0 Å². The van der Waals surface area contributed by atoms with Crippen molar-refractivity contribution >= 4 is 11.7 Å². The molecule has 2 aromatic carbocycles. The zero-order valence-electron chi connectivity index (χ0n) is 11.5. The highest BCUT2D eigenvalue weighted by atomic mass is 16.5. The van der Waals surface area contributed by atoms with Crippen molar-refractivity contribution in [2.45, 2.75) is 13.5 Å². The molecule has 0 unspecified atom stereocenters. The lowest BCUT2D eigenvalue weighted by Crippen LogP contribution is -2.05. The molecule has 20 heavy (non-hydrogen) atoms. The van der Waals surface area contributed by atoms with E-state index in [1.54, 1.807) is 30.3 Å². The molecular weight excluding hydrogens is 254 g/mol. The topological polar surface area (TPSA) is 58.6 Å². The Hall–Kier alpha value is -2.49. The fourth-order valence-corrected chi connectivity index (χ4v) is 1.92. The molecule has 0 aliphatic rings. The second-order valence-corrected chi connectivity index (χ2v) is 4.54. The molecule has 0 heterocycles. The van der Waals surface area contributed by atoms with Crippen LogP contribution in [0.1, 0.15) is 21.5 Å². The van der Waals surface area contributed by atoms with E-state index in [0.717, 1.165) is 16.8 Å². The van der Waals surface area contributed by atoms with Crippen molar-refractivity contribution in [2.75, 3.05) is 12.4 Å². The van der Waals surface area contributed by atoms with E-state index in [-0.39, 0.29) is 11.7 Å². The van der Waals surface area contributed by atoms with E-state index in [1.165, 1.54) is 7.11 Å². The van der Waals surface area contributed by atoms with E-state index in [9.17, 15) is 9.90 Å². The second-order valence-electron chi connectivity index (χ2n) is 4.54. The maximum Gasteiger partial charge on any atom is 0.337 e. The van der Waals surface area contributed by atoms with Crippen LogP contribution < -0.4 is 5.32 Å². The van der Waals surface area contributed by atoms with Crippen LogP contribution in [0.5, 0.6) is 5.75 Å². The molecule has 0 aromatic heterocycles. The van der Waals surface area contributed by atoms with Gasteiger partial charge in [-0.2, -0.15) is 0 Å². The van der Waals surface area contributed by atoms with Gasteiger partial charge >= 0.3 is 5.97 Å². The number of benzene rings is 2. The zero-order chi connectivity index (χ0) is 14.5. The number of aromatic hydroxyl groups is 1. The Morgan fingerprint density at radius 3 is 2.75 bits per heavy atom. The molecule has 0 atom stereocenters. The second kappa shape index (κ2) is 6.10. The number of carbonyl (C=O) groups is 1. The van der Waals surface area contributed by atoms with E-state index in [1.807, 2.05) is 19.1 Å².